The van der Waals surface area contributed by atoms with Gasteiger partial charge in [-0.3, -0.25) is 4.98 Å². The molecule has 1 aromatic heterocycles. The highest BCUT2D eigenvalue weighted by molar-refractivity contribution is 5.43. The summed E-state index contributed by atoms with van der Waals surface area (Å²) in [6.45, 7) is 5.76. The molecule has 0 radical (unpaired) electrons. The summed E-state index contributed by atoms with van der Waals surface area (Å²) >= 11 is 0. The van der Waals surface area contributed by atoms with Crippen LogP contribution in [0.2, 0.25) is 0 Å². The molecular formula is C16H20N4. The second kappa shape index (κ2) is 6.01. The summed E-state index contributed by atoms with van der Waals surface area (Å²) in [6, 6.07) is 8.65. The zero-order valence-electron chi connectivity index (χ0n) is 11.8. The van der Waals surface area contributed by atoms with Crippen molar-refractivity contribution < 1.29 is 0 Å². The van der Waals surface area contributed by atoms with Gasteiger partial charge in [-0.1, -0.05) is 31.2 Å². The molecular weight excluding hydrogens is 248 g/mol. The molecule has 2 aromatic rings. The minimum atomic E-state index is 0.780. The van der Waals surface area contributed by atoms with Crippen molar-refractivity contribution in [2.24, 2.45) is 0 Å². The molecule has 1 aromatic carbocycles. The van der Waals surface area contributed by atoms with Gasteiger partial charge in [-0.2, -0.15) is 0 Å². The summed E-state index contributed by atoms with van der Waals surface area (Å²) in [7, 11) is 0. The van der Waals surface area contributed by atoms with Crippen molar-refractivity contribution in [2.75, 3.05) is 18.0 Å². The smallest absolute Gasteiger partial charge is 0.147 e. The van der Waals surface area contributed by atoms with Crippen LogP contribution in [-0.2, 0) is 19.5 Å². The van der Waals surface area contributed by atoms with Crippen LogP contribution in [0.1, 0.15) is 23.7 Å². The normalized spacial score (nSPS) is 14.2. The molecule has 0 atom stereocenters. The monoisotopic (exact) mass is 268 g/mol. The Hall–Kier alpha value is -1.94. The van der Waals surface area contributed by atoms with Gasteiger partial charge in [0, 0.05) is 25.8 Å². The van der Waals surface area contributed by atoms with E-state index in [1.54, 1.807) is 0 Å². The first kappa shape index (κ1) is 13.1. The molecule has 0 saturated heterocycles. The van der Waals surface area contributed by atoms with Crippen molar-refractivity contribution in [2.45, 2.75) is 26.4 Å². The zero-order valence-corrected chi connectivity index (χ0v) is 11.8. The second-order valence-corrected chi connectivity index (χ2v) is 5.09. The highest BCUT2D eigenvalue weighted by atomic mass is 15.2. The third-order valence-corrected chi connectivity index (χ3v) is 3.68. The predicted molar refractivity (Wildman–Crippen MR) is 80.6 cm³/mol. The van der Waals surface area contributed by atoms with E-state index in [4.69, 9.17) is 4.98 Å². The van der Waals surface area contributed by atoms with Crippen molar-refractivity contribution in [3.05, 3.63) is 53.5 Å². The molecule has 3 rings (SSSR count). The fraction of sp³-hybridized carbons (Fsp3) is 0.375. The molecule has 0 aliphatic carbocycles. The van der Waals surface area contributed by atoms with E-state index in [0.29, 0.717) is 0 Å². The third-order valence-electron chi connectivity index (χ3n) is 3.68. The molecule has 104 valence electrons. The standard InChI is InChI=1S/C16H20N4/c1-2-17-9-15-10-18-11-16(19-15)20-8-7-13-5-3-4-6-14(13)12-20/h3-6,10-11,17H,2,7-9,12H2,1H3. The van der Waals surface area contributed by atoms with Crippen molar-refractivity contribution in [3.63, 3.8) is 0 Å². The van der Waals surface area contributed by atoms with E-state index in [2.05, 4.69) is 46.4 Å². The average molecular weight is 268 g/mol. The Balaban J connectivity index is 1.77. The Morgan fingerprint density at radius 1 is 1.20 bits per heavy atom. The molecule has 4 heteroatoms. The maximum atomic E-state index is 4.71. The Labute approximate surface area is 119 Å². The minimum Gasteiger partial charge on any atom is -0.351 e. The van der Waals surface area contributed by atoms with Gasteiger partial charge in [-0.05, 0) is 24.1 Å². The number of hydrogen-bond donors (Lipinski definition) is 1. The third kappa shape index (κ3) is 2.80. The SMILES string of the molecule is CCNCc1cncc(N2CCc3ccccc3C2)n1. The summed E-state index contributed by atoms with van der Waals surface area (Å²) in [5.74, 6) is 0.981. The summed E-state index contributed by atoms with van der Waals surface area (Å²) in [5, 5.41) is 3.29. The average Bonchev–Trinajstić information content (AvgIpc) is 2.53. The first-order chi connectivity index (χ1) is 9.86. The molecule has 0 amide bonds. The van der Waals surface area contributed by atoms with Crippen LogP contribution in [0.5, 0.6) is 0 Å². The van der Waals surface area contributed by atoms with E-state index in [0.717, 1.165) is 44.1 Å². The van der Waals surface area contributed by atoms with E-state index in [9.17, 15) is 0 Å². The molecule has 1 aliphatic rings. The number of nitrogens with one attached hydrogen (secondary N) is 1. The number of nitrogens with zero attached hydrogens (tertiary/aromatic N) is 3. The lowest BCUT2D eigenvalue weighted by Crippen LogP contribution is -2.31. The Kier molecular flexibility index (Phi) is 3.92. The molecule has 0 unspecified atom stereocenters. The van der Waals surface area contributed by atoms with E-state index < -0.39 is 0 Å². The Morgan fingerprint density at radius 2 is 2.05 bits per heavy atom. The predicted octanol–water partition coefficient (Wildman–Crippen LogP) is 2.15. The summed E-state index contributed by atoms with van der Waals surface area (Å²) in [6.07, 6.45) is 4.78. The van der Waals surface area contributed by atoms with Crippen molar-refractivity contribution in [1.29, 1.82) is 0 Å². The van der Waals surface area contributed by atoms with Crippen molar-refractivity contribution in [3.8, 4) is 0 Å². The molecule has 20 heavy (non-hydrogen) atoms. The maximum Gasteiger partial charge on any atom is 0.147 e. The largest absolute Gasteiger partial charge is 0.351 e. The number of benzene rings is 1. The number of aromatic nitrogens is 2. The molecule has 0 bridgehead atoms. The summed E-state index contributed by atoms with van der Waals surface area (Å²) in [5.41, 5.74) is 3.86. The lowest BCUT2D eigenvalue weighted by molar-refractivity contribution is 0.688. The van der Waals surface area contributed by atoms with Crippen LogP contribution in [0.25, 0.3) is 0 Å². The van der Waals surface area contributed by atoms with Crippen LogP contribution < -0.4 is 10.2 Å². The topological polar surface area (TPSA) is 41.1 Å². The van der Waals surface area contributed by atoms with Gasteiger partial charge >= 0.3 is 0 Å². The van der Waals surface area contributed by atoms with Crippen LogP contribution in [0, 0.1) is 0 Å². The van der Waals surface area contributed by atoms with Gasteiger partial charge in [-0.25, -0.2) is 4.98 Å². The van der Waals surface area contributed by atoms with Gasteiger partial charge < -0.3 is 10.2 Å². The Bertz CT molecular complexity index is 582. The molecule has 4 nitrogen and oxygen atoms in total. The van der Waals surface area contributed by atoms with Gasteiger partial charge in [0.15, 0.2) is 0 Å². The van der Waals surface area contributed by atoms with Crippen LogP contribution in [0.3, 0.4) is 0 Å². The van der Waals surface area contributed by atoms with Gasteiger partial charge in [-0.15, -0.1) is 0 Å². The van der Waals surface area contributed by atoms with Gasteiger partial charge in [0.1, 0.15) is 5.82 Å². The van der Waals surface area contributed by atoms with E-state index in [-0.39, 0.29) is 0 Å². The lowest BCUT2D eigenvalue weighted by atomic mass is 10.0. The lowest BCUT2D eigenvalue weighted by Gasteiger charge is -2.29. The first-order valence-electron chi connectivity index (χ1n) is 7.20. The zero-order chi connectivity index (χ0) is 13.8. The molecule has 1 aliphatic heterocycles. The van der Waals surface area contributed by atoms with Gasteiger partial charge in [0.25, 0.3) is 0 Å². The van der Waals surface area contributed by atoms with Crippen LogP contribution in [-0.4, -0.2) is 23.1 Å². The van der Waals surface area contributed by atoms with Gasteiger partial charge in [0.05, 0.1) is 11.9 Å². The van der Waals surface area contributed by atoms with Crippen LogP contribution in [0.15, 0.2) is 36.7 Å². The first-order valence-corrected chi connectivity index (χ1v) is 7.20. The molecule has 0 fully saturated rings. The van der Waals surface area contributed by atoms with Crippen LogP contribution >= 0.6 is 0 Å². The quantitative estimate of drug-likeness (QED) is 0.922. The summed E-state index contributed by atoms with van der Waals surface area (Å²) < 4.78 is 0. The highest BCUT2D eigenvalue weighted by Crippen LogP contribution is 2.22. The van der Waals surface area contributed by atoms with Crippen LogP contribution in [0.4, 0.5) is 5.82 Å². The van der Waals surface area contributed by atoms with E-state index in [1.165, 1.54) is 11.1 Å². The number of hydrogen-bond acceptors (Lipinski definition) is 4. The fourth-order valence-corrected chi connectivity index (χ4v) is 2.58. The number of fused-ring (bicyclic) bond motifs is 1. The molecule has 2 heterocycles. The number of anilines is 1. The maximum absolute atomic E-state index is 4.71. The van der Waals surface area contributed by atoms with E-state index in [1.807, 2.05) is 12.4 Å². The minimum absolute atomic E-state index is 0.780. The fourth-order valence-electron chi connectivity index (χ4n) is 2.58. The molecule has 0 saturated carbocycles. The highest BCUT2D eigenvalue weighted by Gasteiger charge is 2.17. The number of rotatable bonds is 4. The Morgan fingerprint density at radius 3 is 2.90 bits per heavy atom. The van der Waals surface area contributed by atoms with Gasteiger partial charge in [0.2, 0.25) is 0 Å². The molecule has 1 N–H and O–H groups in total. The van der Waals surface area contributed by atoms with E-state index >= 15 is 0 Å². The van der Waals surface area contributed by atoms with Crippen molar-refractivity contribution >= 4 is 5.82 Å². The second-order valence-electron chi connectivity index (χ2n) is 5.09. The molecule has 0 spiro atoms. The van der Waals surface area contributed by atoms with Crippen molar-refractivity contribution in [1.82, 2.24) is 15.3 Å². The summed E-state index contributed by atoms with van der Waals surface area (Å²) in [4.78, 5) is 11.3.